The van der Waals surface area contributed by atoms with Crippen molar-refractivity contribution in [3.8, 4) is 10.6 Å². The van der Waals surface area contributed by atoms with Crippen LogP contribution >= 0.6 is 22.9 Å². The molecule has 0 aliphatic heterocycles. The van der Waals surface area contributed by atoms with Gasteiger partial charge in [-0.25, -0.2) is 9.97 Å². The fraction of sp³-hybridized carbons (Fsp3) is 0.200. The van der Waals surface area contributed by atoms with Gasteiger partial charge in [0.15, 0.2) is 0 Å². The van der Waals surface area contributed by atoms with Gasteiger partial charge < -0.3 is 0 Å². The van der Waals surface area contributed by atoms with Crippen molar-refractivity contribution in [1.29, 1.82) is 0 Å². The third kappa shape index (κ3) is 1.94. The summed E-state index contributed by atoms with van der Waals surface area (Å²) < 4.78 is 0.786. The molecular formula is C10H9ClN2S. The number of rotatable bonds is 1. The highest BCUT2D eigenvalue weighted by atomic mass is 35.5. The first-order chi connectivity index (χ1) is 6.65. The van der Waals surface area contributed by atoms with Crippen molar-refractivity contribution in [2.24, 2.45) is 0 Å². The van der Waals surface area contributed by atoms with Crippen LogP contribution in [0.2, 0.25) is 4.34 Å². The Bertz CT molecular complexity index is 445. The molecule has 14 heavy (non-hydrogen) atoms. The number of hydrogen-bond donors (Lipinski definition) is 0. The van der Waals surface area contributed by atoms with Crippen LogP contribution in [0.3, 0.4) is 0 Å². The summed E-state index contributed by atoms with van der Waals surface area (Å²) in [7, 11) is 0. The molecule has 0 saturated heterocycles. The van der Waals surface area contributed by atoms with Crippen LogP contribution in [0, 0.1) is 13.8 Å². The highest BCUT2D eigenvalue weighted by Gasteiger charge is 2.04. The van der Waals surface area contributed by atoms with Crippen molar-refractivity contribution >= 4 is 22.9 Å². The zero-order valence-electron chi connectivity index (χ0n) is 7.91. The number of thiophene rings is 1. The van der Waals surface area contributed by atoms with E-state index in [1.54, 1.807) is 0 Å². The van der Waals surface area contributed by atoms with Crippen molar-refractivity contribution in [3.05, 3.63) is 34.1 Å². The van der Waals surface area contributed by atoms with Gasteiger partial charge in [-0.1, -0.05) is 11.6 Å². The minimum Gasteiger partial charge on any atom is -0.239 e. The molecule has 0 aromatic carbocycles. The molecule has 0 radical (unpaired) electrons. The number of halogens is 1. The van der Waals surface area contributed by atoms with Crippen molar-refractivity contribution in [3.63, 3.8) is 0 Å². The molecule has 0 fully saturated rings. The molecular weight excluding hydrogens is 216 g/mol. The van der Waals surface area contributed by atoms with E-state index in [4.69, 9.17) is 11.6 Å². The van der Waals surface area contributed by atoms with Gasteiger partial charge in [0.1, 0.15) is 5.82 Å². The number of nitrogens with zero attached hydrogens (tertiary/aromatic N) is 2. The standard InChI is InChI=1S/C10H9ClN2S/c1-6-5-8(13-7(2)12-6)9-3-4-10(11)14-9/h3-5H,1-2H3. The monoisotopic (exact) mass is 224 g/mol. The van der Waals surface area contributed by atoms with Gasteiger partial charge in [0.2, 0.25) is 0 Å². The summed E-state index contributed by atoms with van der Waals surface area (Å²) in [4.78, 5) is 9.67. The first-order valence-electron chi connectivity index (χ1n) is 4.23. The second kappa shape index (κ2) is 3.67. The molecule has 0 atom stereocenters. The van der Waals surface area contributed by atoms with Gasteiger partial charge in [0, 0.05) is 5.69 Å². The molecule has 0 unspecified atom stereocenters. The van der Waals surface area contributed by atoms with Crippen LogP contribution in [0.4, 0.5) is 0 Å². The van der Waals surface area contributed by atoms with Crippen LogP contribution in [0.1, 0.15) is 11.5 Å². The molecule has 4 heteroatoms. The van der Waals surface area contributed by atoms with E-state index in [0.29, 0.717) is 0 Å². The third-order valence-electron chi connectivity index (χ3n) is 1.79. The predicted octanol–water partition coefficient (Wildman–Crippen LogP) is 3.48. The van der Waals surface area contributed by atoms with E-state index in [9.17, 15) is 0 Å². The zero-order valence-corrected chi connectivity index (χ0v) is 9.49. The maximum absolute atomic E-state index is 5.86. The molecule has 0 saturated carbocycles. The quantitative estimate of drug-likeness (QED) is 0.741. The maximum atomic E-state index is 5.86. The van der Waals surface area contributed by atoms with Gasteiger partial charge >= 0.3 is 0 Å². The van der Waals surface area contributed by atoms with E-state index >= 15 is 0 Å². The summed E-state index contributed by atoms with van der Waals surface area (Å²) in [6.07, 6.45) is 0. The van der Waals surface area contributed by atoms with E-state index in [2.05, 4.69) is 9.97 Å². The highest BCUT2D eigenvalue weighted by Crippen LogP contribution is 2.29. The predicted molar refractivity (Wildman–Crippen MR) is 59.8 cm³/mol. The van der Waals surface area contributed by atoms with Crippen molar-refractivity contribution in [2.45, 2.75) is 13.8 Å². The molecule has 2 heterocycles. The van der Waals surface area contributed by atoms with Crippen LogP contribution in [-0.4, -0.2) is 9.97 Å². The molecule has 0 N–H and O–H groups in total. The Labute approximate surface area is 91.6 Å². The van der Waals surface area contributed by atoms with Gasteiger partial charge in [-0.3, -0.25) is 0 Å². The average molecular weight is 225 g/mol. The number of aromatic nitrogens is 2. The highest BCUT2D eigenvalue weighted by molar-refractivity contribution is 7.19. The minimum absolute atomic E-state index is 0.786. The summed E-state index contributed by atoms with van der Waals surface area (Å²) in [5, 5.41) is 0. The molecule has 72 valence electrons. The summed E-state index contributed by atoms with van der Waals surface area (Å²) in [6.45, 7) is 3.86. The van der Waals surface area contributed by atoms with E-state index in [0.717, 1.165) is 26.4 Å². The third-order valence-corrected chi connectivity index (χ3v) is 3.05. The van der Waals surface area contributed by atoms with Crippen LogP contribution < -0.4 is 0 Å². The van der Waals surface area contributed by atoms with E-state index in [-0.39, 0.29) is 0 Å². The molecule has 2 nitrogen and oxygen atoms in total. The number of hydrogen-bond acceptors (Lipinski definition) is 3. The number of aryl methyl sites for hydroxylation is 2. The fourth-order valence-corrected chi connectivity index (χ4v) is 2.30. The van der Waals surface area contributed by atoms with E-state index in [1.165, 1.54) is 11.3 Å². The second-order valence-corrected chi connectivity index (χ2v) is 4.76. The molecule has 2 aromatic rings. The molecule has 2 rings (SSSR count). The second-order valence-electron chi connectivity index (χ2n) is 3.05. The van der Waals surface area contributed by atoms with E-state index in [1.807, 2.05) is 32.0 Å². The smallest absolute Gasteiger partial charge is 0.126 e. The summed E-state index contributed by atoms with van der Waals surface area (Å²) >= 11 is 7.40. The lowest BCUT2D eigenvalue weighted by atomic mass is 10.3. The van der Waals surface area contributed by atoms with Crippen LogP contribution in [0.15, 0.2) is 18.2 Å². The minimum atomic E-state index is 0.786. The van der Waals surface area contributed by atoms with Gasteiger partial charge in [0.05, 0.1) is 14.9 Å². The van der Waals surface area contributed by atoms with Crippen molar-refractivity contribution in [2.75, 3.05) is 0 Å². The Morgan fingerprint density at radius 3 is 2.57 bits per heavy atom. The molecule has 0 aliphatic carbocycles. The van der Waals surface area contributed by atoms with Gasteiger partial charge in [-0.15, -0.1) is 11.3 Å². The largest absolute Gasteiger partial charge is 0.239 e. The SMILES string of the molecule is Cc1cc(-c2ccc(Cl)s2)nc(C)n1. The lowest BCUT2D eigenvalue weighted by Gasteiger charge is -1.99. The lowest BCUT2D eigenvalue weighted by molar-refractivity contribution is 1.02. The molecule has 0 amide bonds. The van der Waals surface area contributed by atoms with Crippen LogP contribution in [0.25, 0.3) is 10.6 Å². The van der Waals surface area contributed by atoms with Gasteiger partial charge in [0.25, 0.3) is 0 Å². The summed E-state index contributed by atoms with van der Waals surface area (Å²) in [5.74, 6) is 0.796. The van der Waals surface area contributed by atoms with Gasteiger partial charge in [-0.05, 0) is 32.0 Å². The van der Waals surface area contributed by atoms with Crippen LogP contribution in [0.5, 0.6) is 0 Å². The lowest BCUT2D eigenvalue weighted by Crippen LogP contribution is -1.92. The average Bonchev–Trinajstić information content (AvgIpc) is 2.50. The maximum Gasteiger partial charge on any atom is 0.126 e. The van der Waals surface area contributed by atoms with Crippen molar-refractivity contribution in [1.82, 2.24) is 9.97 Å². The zero-order chi connectivity index (χ0) is 10.1. The summed E-state index contributed by atoms with van der Waals surface area (Å²) in [6, 6.07) is 5.83. The Kier molecular flexibility index (Phi) is 2.52. The Balaban J connectivity index is 2.51. The normalized spacial score (nSPS) is 10.5. The topological polar surface area (TPSA) is 25.8 Å². The first-order valence-corrected chi connectivity index (χ1v) is 5.42. The molecule has 0 bridgehead atoms. The molecule has 0 spiro atoms. The van der Waals surface area contributed by atoms with E-state index < -0.39 is 0 Å². The van der Waals surface area contributed by atoms with Crippen molar-refractivity contribution < 1.29 is 0 Å². The fourth-order valence-electron chi connectivity index (χ4n) is 1.30. The van der Waals surface area contributed by atoms with Crippen LogP contribution in [-0.2, 0) is 0 Å². The Morgan fingerprint density at radius 2 is 2.00 bits per heavy atom. The molecule has 0 aliphatic rings. The molecule has 2 aromatic heterocycles. The Morgan fingerprint density at radius 1 is 1.21 bits per heavy atom. The van der Waals surface area contributed by atoms with Gasteiger partial charge in [-0.2, -0.15) is 0 Å². The first kappa shape index (κ1) is 9.62. The Hall–Kier alpha value is -0.930. The summed E-state index contributed by atoms with van der Waals surface area (Å²) in [5.41, 5.74) is 1.93.